The van der Waals surface area contributed by atoms with Gasteiger partial charge >= 0.3 is 5.97 Å². The number of carboxylic acid groups (broad SMARTS) is 1. The van der Waals surface area contributed by atoms with Gasteiger partial charge in [-0.1, -0.05) is 24.4 Å². The topological polar surface area (TPSA) is 77.2 Å². The Kier molecular flexibility index (Phi) is 4.29. The molecular formula is C15H16ClN3O3. The van der Waals surface area contributed by atoms with Crippen LogP contribution >= 0.6 is 11.6 Å². The maximum Gasteiger partial charge on any atom is 0.338 e. The fourth-order valence-corrected chi connectivity index (χ4v) is 2.83. The molecule has 1 aliphatic carbocycles. The minimum Gasteiger partial charge on any atom is -0.478 e. The molecule has 2 heterocycles. The van der Waals surface area contributed by atoms with E-state index in [1.54, 1.807) is 18.3 Å². The van der Waals surface area contributed by atoms with Crippen LogP contribution in [-0.4, -0.2) is 32.4 Å². The Morgan fingerprint density at radius 1 is 1.36 bits per heavy atom. The second kappa shape index (κ2) is 6.36. The third kappa shape index (κ3) is 3.22. The van der Waals surface area contributed by atoms with Crippen LogP contribution in [0.1, 0.15) is 36.0 Å². The molecule has 1 N–H and O–H groups in total. The molecule has 3 rings (SSSR count). The number of pyridine rings is 1. The van der Waals surface area contributed by atoms with Crippen molar-refractivity contribution in [1.82, 2.24) is 14.8 Å². The zero-order valence-corrected chi connectivity index (χ0v) is 12.7. The number of carboxylic acids is 1. The number of nitrogens with zero attached hydrogens (tertiary/aromatic N) is 3. The SMILES string of the molecule is O=C(O)c1ccc(-n2ccc(OCC3CCCC3)n2)nc1Cl. The second-order valence-electron chi connectivity index (χ2n) is 5.37. The van der Waals surface area contributed by atoms with Gasteiger partial charge in [-0.2, -0.15) is 0 Å². The number of ether oxygens (including phenoxy) is 1. The molecule has 0 aromatic carbocycles. The Morgan fingerprint density at radius 3 is 2.82 bits per heavy atom. The van der Waals surface area contributed by atoms with E-state index in [1.165, 1.54) is 36.4 Å². The van der Waals surface area contributed by atoms with E-state index >= 15 is 0 Å². The minimum absolute atomic E-state index is 0.0321. The molecule has 1 saturated carbocycles. The van der Waals surface area contributed by atoms with Crippen LogP contribution in [0.4, 0.5) is 0 Å². The van der Waals surface area contributed by atoms with E-state index in [0.717, 1.165) is 0 Å². The molecule has 6 nitrogen and oxygen atoms in total. The van der Waals surface area contributed by atoms with Gasteiger partial charge in [0.2, 0.25) is 5.88 Å². The van der Waals surface area contributed by atoms with Crippen LogP contribution in [0.5, 0.6) is 5.88 Å². The van der Waals surface area contributed by atoms with Crippen molar-refractivity contribution >= 4 is 17.6 Å². The molecule has 0 unspecified atom stereocenters. The average molecular weight is 322 g/mol. The number of aromatic nitrogens is 3. The van der Waals surface area contributed by atoms with Crippen molar-refractivity contribution in [1.29, 1.82) is 0 Å². The molecule has 1 fully saturated rings. The van der Waals surface area contributed by atoms with Crippen molar-refractivity contribution in [3.8, 4) is 11.7 Å². The molecule has 0 aliphatic heterocycles. The van der Waals surface area contributed by atoms with Gasteiger partial charge in [0.05, 0.1) is 12.2 Å². The summed E-state index contributed by atoms with van der Waals surface area (Å²) in [5.74, 6) is 0.496. The summed E-state index contributed by atoms with van der Waals surface area (Å²) in [6.07, 6.45) is 6.70. The molecule has 2 aromatic heterocycles. The first-order chi connectivity index (χ1) is 10.6. The summed E-state index contributed by atoms with van der Waals surface area (Å²) in [4.78, 5) is 15.0. The normalized spacial score (nSPS) is 15.1. The maximum atomic E-state index is 10.9. The van der Waals surface area contributed by atoms with Crippen molar-refractivity contribution in [2.24, 2.45) is 5.92 Å². The van der Waals surface area contributed by atoms with Crippen LogP contribution in [0.15, 0.2) is 24.4 Å². The fraction of sp³-hybridized carbons (Fsp3) is 0.400. The Hall–Kier alpha value is -2.08. The number of rotatable bonds is 5. The van der Waals surface area contributed by atoms with Crippen LogP contribution in [0.25, 0.3) is 5.82 Å². The van der Waals surface area contributed by atoms with Gasteiger partial charge in [0.25, 0.3) is 0 Å². The number of aromatic carboxylic acids is 1. The predicted molar refractivity (Wildman–Crippen MR) is 80.8 cm³/mol. The molecule has 1 aliphatic rings. The molecule has 0 saturated heterocycles. The molecule has 2 aromatic rings. The summed E-state index contributed by atoms with van der Waals surface area (Å²) in [5, 5.41) is 13.2. The first-order valence-corrected chi connectivity index (χ1v) is 7.60. The number of hydrogen-bond donors (Lipinski definition) is 1. The molecule has 7 heteroatoms. The summed E-state index contributed by atoms with van der Waals surface area (Å²) in [6, 6.07) is 4.73. The third-order valence-corrected chi connectivity index (χ3v) is 4.09. The highest BCUT2D eigenvalue weighted by Gasteiger charge is 2.16. The van der Waals surface area contributed by atoms with E-state index in [4.69, 9.17) is 21.4 Å². The zero-order valence-electron chi connectivity index (χ0n) is 11.9. The first kappa shape index (κ1) is 14.8. The van der Waals surface area contributed by atoms with Crippen molar-refractivity contribution in [3.05, 3.63) is 35.1 Å². The predicted octanol–water partition coefficient (Wildman–Crippen LogP) is 3.19. The smallest absolute Gasteiger partial charge is 0.338 e. The second-order valence-corrected chi connectivity index (χ2v) is 5.73. The molecule has 0 amide bonds. The van der Waals surface area contributed by atoms with E-state index in [-0.39, 0.29) is 10.7 Å². The molecule has 0 bridgehead atoms. The number of hydrogen-bond acceptors (Lipinski definition) is 4. The molecule has 116 valence electrons. The quantitative estimate of drug-likeness (QED) is 0.856. The number of carbonyl (C=O) groups is 1. The monoisotopic (exact) mass is 321 g/mol. The number of halogens is 1. The highest BCUT2D eigenvalue weighted by atomic mass is 35.5. The summed E-state index contributed by atoms with van der Waals surface area (Å²) in [7, 11) is 0. The van der Waals surface area contributed by atoms with Gasteiger partial charge in [0, 0.05) is 12.3 Å². The lowest BCUT2D eigenvalue weighted by molar-refractivity contribution is 0.0696. The lowest BCUT2D eigenvalue weighted by Gasteiger charge is -2.08. The van der Waals surface area contributed by atoms with E-state index in [9.17, 15) is 4.79 Å². The summed E-state index contributed by atoms with van der Waals surface area (Å²) in [6.45, 7) is 0.684. The van der Waals surface area contributed by atoms with Gasteiger partial charge in [-0.3, -0.25) is 0 Å². The van der Waals surface area contributed by atoms with E-state index < -0.39 is 5.97 Å². The largest absolute Gasteiger partial charge is 0.478 e. The standard InChI is InChI=1S/C15H16ClN3O3/c16-14-11(15(20)21)5-6-12(17-14)19-8-7-13(18-19)22-9-10-3-1-2-4-10/h5-8,10H,1-4,9H2,(H,20,21). The third-order valence-electron chi connectivity index (χ3n) is 3.81. The Morgan fingerprint density at radius 2 is 2.14 bits per heavy atom. The van der Waals surface area contributed by atoms with Crippen molar-refractivity contribution in [3.63, 3.8) is 0 Å². The maximum absolute atomic E-state index is 10.9. The lowest BCUT2D eigenvalue weighted by Crippen LogP contribution is -2.09. The summed E-state index contributed by atoms with van der Waals surface area (Å²) in [5.41, 5.74) is -0.0321. The molecule has 0 spiro atoms. The molecule has 0 radical (unpaired) electrons. The van der Waals surface area contributed by atoms with Gasteiger partial charge in [-0.05, 0) is 30.9 Å². The molecule has 22 heavy (non-hydrogen) atoms. The average Bonchev–Trinajstić information content (AvgIpc) is 3.16. The fourth-order valence-electron chi connectivity index (χ4n) is 2.60. The van der Waals surface area contributed by atoms with E-state index in [1.807, 2.05) is 0 Å². The lowest BCUT2D eigenvalue weighted by atomic mass is 10.1. The summed E-state index contributed by atoms with van der Waals surface area (Å²) < 4.78 is 7.21. The Labute approximate surface area is 132 Å². The van der Waals surface area contributed by atoms with Crippen molar-refractivity contribution < 1.29 is 14.6 Å². The Bertz CT molecular complexity index is 680. The van der Waals surface area contributed by atoms with Crippen molar-refractivity contribution in [2.75, 3.05) is 6.61 Å². The highest BCUT2D eigenvalue weighted by molar-refractivity contribution is 6.32. The van der Waals surface area contributed by atoms with Crippen LogP contribution in [0, 0.1) is 5.92 Å². The Balaban J connectivity index is 1.70. The van der Waals surface area contributed by atoms with Gasteiger partial charge in [-0.25, -0.2) is 14.5 Å². The highest BCUT2D eigenvalue weighted by Crippen LogP contribution is 2.25. The van der Waals surface area contributed by atoms with Crippen LogP contribution in [0.2, 0.25) is 5.15 Å². The van der Waals surface area contributed by atoms with Crippen LogP contribution in [-0.2, 0) is 0 Å². The zero-order chi connectivity index (χ0) is 15.5. The first-order valence-electron chi connectivity index (χ1n) is 7.22. The van der Waals surface area contributed by atoms with Crippen LogP contribution < -0.4 is 4.74 Å². The summed E-state index contributed by atoms with van der Waals surface area (Å²) >= 11 is 5.86. The van der Waals surface area contributed by atoms with E-state index in [0.29, 0.717) is 24.2 Å². The molecular weight excluding hydrogens is 306 g/mol. The van der Waals surface area contributed by atoms with Gasteiger partial charge < -0.3 is 9.84 Å². The molecule has 0 atom stereocenters. The van der Waals surface area contributed by atoms with Crippen LogP contribution in [0.3, 0.4) is 0 Å². The van der Waals surface area contributed by atoms with Gasteiger partial charge in [-0.15, -0.1) is 5.10 Å². The minimum atomic E-state index is -1.11. The van der Waals surface area contributed by atoms with Crippen molar-refractivity contribution in [2.45, 2.75) is 25.7 Å². The van der Waals surface area contributed by atoms with Gasteiger partial charge in [0.15, 0.2) is 5.82 Å². The van der Waals surface area contributed by atoms with Gasteiger partial charge in [0.1, 0.15) is 5.15 Å². The van der Waals surface area contributed by atoms with E-state index in [2.05, 4.69) is 10.1 Å².